The van der Waals surface area contributed by atoms with Crippen LogP contribution >= 0.6 is 0 Å². The van der Waals surface area contributed by atoms with E-state index in [1.807, 2.05) is 24.4 Å². The van der Waals surface area contributed by atoms with E-state index in [0.29, 0.717) is 13.0 Å². The molecule has 0 bridgehead atoms. The van der Waals surface area contributed by atoms with Gasteiger partial charge in [-0.15, -0.1) is 5.10 Å². The number of aliphatic hydroxyl groups is 1. The Morgan fingerprint density at radius 2 is 2.19 bits per heavy atom. The molecular weight excluding hydrogens is 342 g/mol. The molecule has 1 aromatic heterocycles. The molecule has 1 heterocycles. The lowest BCUT2D eigenvalue weighted by Crippen LogP contribution is -2.32. The van der Waals surface area contributed by atoms with E-state index in [1.54, 1.807) is 18.5 Å². The van der Waals surface area contributed by atoms with Gasteiger partial charge in [0.2, 0.25) is 0 Å². The summed E-state index contributed by atoms with van der Waals surface area (Å²) < 4.78 is 1.80. The van der Waals surface area contributed by atoms with Crippen LogP contribution in [0.15, 0.2) is 24.4 Å². The van der Waals surface area contributed by atoms with Gasteiger partial charge in [-0.1, -0.05) is 36.8 Å². The van der Waals surface area contributed by atoms with Gasteiger partial charge in [-0.05, 0) is 56.2 Å². The smallest absolute Gasteiger partial charge is 0.309 e. The summed E-state index contributed by atoms with van der Waals surface area (Å²) in [6, 6.07) is 6.07. The summed E-state index contributed by atoms with van der Waals surface area (Å²) in [5.41, 5.74) is 3.12. The van der Waals surface area contributed by atoms with E-state index < -0.39 is 17.5 Å². The lowest BCUT2D eigenvalue weighted by Gasteiger charge is -2.31. The topological polar surface area (TPSA) is 88.2 Å². The van der Waals surface area contributed by atoms with Crippen molar-refractivity contribution in [1.82, 2.24) is 15.0 Å². The minimum Gasteiger partial charge on any atom is -0.481 e. The number of carboxylic acids is 1. The number of nitrogens with zero attached hydrogens (tertiary/aromatic N) is 3. The van der Waals surface area contributed by atoms with Crippen LogP contribution in [0, 0.1) is 5.41 Å². The van der Waals surface area contributed by atoms with Crippen LogP contribution in [0.1, 0.15) is 74.4 Å². The maximum atomic E-state index is 12.0. The summed E-state index contributed by atoms with van der Waals surface area (Å²) in [6.07, 6.45) is 5.68. The molecule has 2 aromatic rings. The number of fused-ring (bicyclic) bond motifs is 1. The largest absolute Gasteiger partial charge is 0.481 e. The van der Waals surface area contributed by atoms with Gasteiger partial charge >= 0.3 is 5.97 Å². The molecule has 0 saturated heterocycles. The number of aliphatic hydroxyl groups excluding tert-OH is 1. The fourth-order valence-electron chi connectivity index (χ4n) is 3.99. The van der Waals surface area contributed by atoms with E-state index in [-0.39, 0.29) is 5.92 Å². The highest BCUT2D eigenvalue weighted by molar-refractivity contribution is 5.75. The minimum absolute atomic E-state index is 0.188. The van der Waals surface area contributed by atoms with Crippen LogP contribution in [0.25, 0.3) is 0 Å². The van der Waals surface area contributed by atoms with Crippen LogP contribution in [0.2, 0.25) is 0 Å². The molecule has 0 spiro atoms. The van der Waals surface area contributed by atoms with Crippen molar-refractivity contribution in [2.75, 3.05) is 0 Å². The first kappa shape index (κ1) is 19.5. The van der Waals surface area contributed by atoms with Gasteiger partial charge in [-0.2, -0.15) is 0 Å². The van der Waals surface area contributed by atoms with Crippen molar-refractivity contribution in [1.29, 1.82) is 0 Å². The van der Waals surface area contributed by atoms with Crippen molar-refractivity contribution >= 4 is 5.97 Å². The predicted molar refractivity (Wildman–Crippen MR) is 103 cm³/mol. The van der Waals surface area contributed by atoms with Crippen LogP contribution in [0.5, 0.6) is 0 Å². The molecule has 2 unspecified atom stereocenters. The van der Waals surface area contributed by atoms with Crippen LogP contribution < -0.4 is 0 Å². The highest BCUT2D eigenvalue weighted by atomic mass is 16.4. The predicted octanol–water partition coefficient (Wildman–Crippen LogP) is 3.49. The van der Waals surface area contributed by atoms with E-state index in [0.717, 1.165) is 42.5 Å². The monoisotopic (exact) mass is 371 g/mol. The fourth-order valence-corrected chi connectivity index (χ4v) is 3.99. The van der Waals surface area contributed by atoms with Gasteiger partial charge < -0.3 is 10.2 Å². The molecule has 1 aliphatic rings. The Balaban J connectivity index is 1.85. The Hall–Kier alpha value is -2.21. The molecule has 27 heavy (non-hydrogen) atoms. The average molecular weight is 371 g/mol. The van der Waals surface area contributed by atoms with Crippen molar-refractivity contribution in [2.45, 2.75) is 71.4 Å². The lowest BCUT2D eigenvalue weighted by atomic mass is 9.72. The quantitative estimate of drug-likeness (QED) is 0.741. The third kappa shape index (κ3) is 4.05. The number of benzene rings is 1. The maximum absolute atomic E-state index is 12.0. The number of carbonyl (C=O) groups is 1. The summed E-state index contributed by atoms with van der Waals surface area (Å²) in [5, 5.41) is 28.4. The maximum Gasteiger partial charge on any atom is 0.309 e. The first-order chi connectivity index (χ1) is 12.8. The molecule has 2 N–H and O–H groups in total. The second kappa shape index (κ2) is 7.80. The number of rotatable bonds is 8. The first-order valence-corrected chi connectivity index (χ1v) is 9.76. The van der Waals surface area contributed by atoms with Crippen LogP contribution in [0.3, 0.4) is 0 Å². The Morgan fingerprint density at radius 1 is 1.41 bits per heavy atom. The lowest BCUT2D eigenvalue weighted by molar-refractivity contribution is -0.148. The number of aliphatic carboxylic acids is 1. The fraction of sp³-hybridized carbons (Fsp3) is 0.571. The van der Waals surface area contributed by atoms with Gasteiger partial charge in [0.25, 0.3) is 0 Å². The molecular formula is C21H29N3O3. The normalized spacial score (nSPS) is 17.7. The SMILES string of the molecule is CCCc1cn(CCC(c2ccc3c(c2)C(O)CC3)C(C)(C)C(=O)O)nn1. The summed E-state index contributed by atoms with van der Waals surface area (Å²) in [5.74, 6) is -1.01. The number of aryl methyl sites for hydroxylation is 3. The zero-order valence-corrected chi connectivity index (χ0v) is 16.4. The van der Waals surface area contributed by atoms with E-state index in [4.69, 9.17) is 0 Å². The molecule has 146 valence electrons. The first-order valence-electron chi connectivity index (χ1n) is 9.76. The molecule has 0 fully saturated rings. The van der Waals surface area contributed by atoms with Crippen LogP contribution in [0.4, 0.5) is 0 Å². The zero-order chi connectivity index (χ0) is 19.6. The molecule has 2 atom stereocenters. The summed E-state index contributed by atoms with van der Waals surface area (Å²) >= 11 is 0. The Kier molecular flexibility index (Phi) is 5.65. The van der Waals surface area contributed by atoms with Crippen molar-refractivity contribution < 1.29 is 15.0 Å². The second-order valence-electron chi connectivity index (χ2n) is 8.10. The van der Waals surface area contributed by atoms with Gasteiger partial charge in [0.1, 0.15) is 0 Å². The Labute approximate surface area is 160 Å². The van der Waals surface area contributed by atoms with E-state index in [9.17, 15) is 15.0 Å². The highest BCUT2D eigenvalue weighted by Gasteiger charge is 2.38. The summed E-state index contributed by atoms with van der Waals surface area (Å²) in [4.78, 5) is 12.0. The van der Waals surface area contributed by atoms with Gasteiger partial charge in [-0.3, -0.25) is 9.48 Å². The zero-order valence-electron chi connectivity index (χ0n) is 16.4. The van der Waals surface area contributed by atoms with Crippen molar-refractivity contribution in [3.63, 3.8) is 0 Å². The molecule has 6 heteroatoms. The standard InChI is InChI=1S/C21H29N3O3/c1-4-5-16-13-24(23-22-16)11-10-18(21(2,3)20(26)27)15-7-6-14-8-9-19(25)17(14)12-15/h6-7,12-13,18-19,25H,4-5,8-11H2,1-3H3,(H,26,27). The summed E-state index contributed by atoms with van der Waals surface area (Å²) in [6.45, 7) is 6.26. The number of carboxylic acid groups (broad SMARTS) is 1. The van der Waals surface area contributed by atoms with Crippen molar-refractivity contribution in [3.8, 4) is 0 Å². The minimum atomic E-state index is -0.926. The number of hydrogen-bond donors (Lipinski definition) is 2. The molecule has 1 aromatic carbocycles. The van der Waals surface area contributed by atoms with E-state index >= 15 is 0 Å². The van der Waals surface area contributed by atoms with Gasteiger partial charge in [0.05, 0.1) is 17.2 Å². The molecule has 0 amide bonds. The van der Waals surface area contributed by atoms with Gasteiger partial charge in [0, 0.05) is 18.7 Å². The van der Waals surface area contributed by atoms with Crippen LogP contribution in [-0.4, -0.2) is 31.2 Å². The van der Waals surface area contributed by atoms with Gasteiger partial charge in [-0.25, -0.2) is 0 Å². The molecule has 0 aliphatic heterocycles. The number of hydrogen-bond acceptors (Lipinski definition) is 4. The average Bonchev–Trinajstić information content (AvgIpc) is 3.22. The molecule has 0 radical (unpaired) electrons. The van der Waals surface area contributed by atoms with Crippen molar-refractivity contribution in [2.24, 2.45) is 5.41 Å². The molecule has 0 saturated carbocycles. The molecule has 3 rings (SSSR count). The molecule has 6 nitrogen and oxygen atoms in total. The second-order valence-corrected chi connectivity index (χ2v) is 8.10. The third-order valence-corrected chi connectivity index (χ3v) is 5.78. The Bertz CT molecular complexity index is 813. The Morgan fingerprint density at radius 3 is 2.89 bits per heavy atom. The van der Waals surface area contributed by atoms with Gasteiger partial charge in [0.15, 0.2) is 0 Å². The third-order valence-electron chi connectivity index (χ3n) is 5.78. The number of aromatic nitrogens is 3. The van der Waals surface area contributed by atoms with E-state index in [2.05, 4.69) is 17.2 Å². The molecule has 1 aliphatic carbocycles. The van der Waals surface area contributed by atoms with E-state index in [1.165, 1.54) is 5.56 Å². The highest BCUT2D eigenvalue weighted by Crippen LogP contribution is 2.41. The van der Waals surface area contributed by atoms with Crippen molar-refractivity contribution in [3.05, 3.63) is 46.8 Å². The van der Waals surface area contributed by atoms with Crippen LogP contribution in [-0.2, 0) is 24.2 Å². The summed E-state index contributed by atoms with van der Waals surface area (Å²) in [7, 11) is 0.